The second-order valence-corrected chi connectivity index (χ2v) is 8.23. The molecule has 1 heterocycles. The molecule has 1 aromatic heterocycles. The molecule has 0 fully saturated rings. The van der Waals surface area contributed by atoms with Gasteiger partial charge in [0.05, 0.1) is 16.5 Å². The van der Waals surface area contributed by atoms with Gasteiger partial charge in [-0.1, -0.05) is 29.8 Å². The van der Waals surface area contributed by atoms with Crippen molar-refractivity contribution in [3.63, 3.8) is 0 Å². The summed E-state index contributed by atoms with van der Waals surface area (Å²) in [6, 6.07) is 7.55. The standard InChI is InChI=1S/C15H20N2O2S2/c1-11-4-6-14(7-5-11)10-21(18,19)16-9-8-15-12(2)17-13(3)20-15/h4-7,16H,8-10H2,1-3H3. The third-order valence-electron chi connectivity index (χ3n) is 3.15. The molecule has 2 aromatic rings. The Hall–Kier alpha value is -1.24. The summed E-state index contributed by atoms with van der Waals surface area (Å²) in [5.41, 5.74) is 2.92. The van der Waals surface area contributed by atoms with Gasteiger partial charge in [0.15, 0.2) is 0 Å². The Bertz CT molecular complexity index is 704. The van der Waals surface area contributed by atoms with Crippen LogP contribution in [0.2, 0.25) is 0 Å². The maximum atomic E-state index is 12.0. The van der Waals surface area contributed by atoms with Gasteiger partial charge in [0.25, 0.3) is 0 Å². The van der Waals surface area contributed by atoms with Gasteiger partial charge in [0.1, 0.15) is 0 Å². The Labute approximate surface area is 130 Å². The van der Waals surface area contributed by atoms with Gasteiger partial charge in [-0.25, -0.2) is 18.1 Å². The van der Waals surface area contributed by atoms with E-state index < -0.39 is 10.0 Å². The van der Waals surface area contributed by atoms with Crippen LogP contribution in [-0.4, -0.2) is 19.9 Å². The number of benzene rings is 1. The lowest BCUT2D eigenvalue weighted by molar-refractivity contribution is 0.581. The number of nitrogens with zero attached hydrogens (tertiary/aromatic N) is 1. The highest BCUT2D eigenvalue weighted by Gasteiger charge is 2.12. The van der Waals surface area contributed by atoms with E-state index in [-0.39, 0.29) is 5.75 Å². The summed E-state index contributed by atoms with van der Waals surface area (Å²) in [6.07, 6.45) is 0.685. The zero-order valence-corrected chi connectivity index (χ0v) is 14.1. The van der Waals surface area contributed by atoms with Crippen LogP contribution in [0, 0.1) is 20.8 Å². The van der Waals surface area contributed by atoms with Crippen molar-refractivity contribution in [2.24, 2.45) is 0 Å². The average molecular weight is 324 g/mol. The van der Waals surface area contributed by atoms with Crippen molar-refractivity contribution in [3.8, 4) is 0 Å². The van der Waals surface area contributed by atoms with Crippen molar-refractivity contribution in [1.82, 2.24) is 9.71 Å². The van der Waals surface area contributed by atoms with E-state index in [1.54, 1.807) is 11.3 Å². The lowest BCUT2D eigenvalue weighted by atomic mass is 10.2. The molecule has 4 nitrogen and oxygen atoms in total. The van der Waals surface area contributed by atoms with E-state index in [1.807, 2.05) is 45.0 Å². The predicted molar refractivity (Wildman–Crippen MR) is 87.1 cm³/mol. The second kappa shape index (κ2) is 6.68. The molecule has 0 amide bonds. The van der Waals surface area contributed by atoms with Gasteiger partial charge >= 0.3 is 0 Å². The minimum Gasteiger partial charge on any atom is -0.247 e. The molecule has 0 spiro atoms. The van der Waals surface area contributed by atoms with Gasteiger partial charge in [-0.3, -0.25) is 0 Å². The number of thiazole rings is 1. The largest absolute Gasteiger partial charge is 0.247 e. The first-order chi connectivity index (χ1) is 9.85. The molecule has 114 valence electrons. The summed E-state index contributed by atoms with van der Waals surface area (Å²) >= 11 is 1.62. The van der Waals surface area contributed by atoms with Gasteiger partial charge in [-0.15, -0.1) is 11.3 Å². The van der Waals surface area contributed by atoms with Crippen molar-refractivity contribution in [3.05, 3.63) is 51.0 Å². The summed E-state index contributed by atoms with van der Waals surface area (Å²) in [6.45, 7) is 6.31. The van der Waals surface area contributed by atoms with Gasteiger partial charge in [0.2, 0.25) is 10.0 Å². The first kappa shape index (κ1) is 16.1. The number of hydrogen-bond donors (Lipinski definition) is 1. The molecular formula is C15H20N2O2S2. The fraction of sp³-hybridized carbons (Fsp3) is 0.400. The topological polar surface area (TPSA) is 59.1 Å². The monoisotopic (exact) mass is 324 g/mol. The van der Waals surface area contributed by atoms with Crippen molar-refractivity contribution in [2.45, 2.75) is 32.9 Å². The Morgan fingerprint density at radius 2 is 1.81 bits per heavy atom. The predicted octanol–water partition coefficient (Wildman–Crippen LogP) is 2.73. The van der Waals surface area contributed by atoms with E-state index in [4.69, 9.17) is 0 Å². The molecule has 0 aliphatic heterocycles. The number of hydrogen-bond acceptors (Lipinski definition) is 4. The van der Waals surface area contributed by atoms with Crippen molar-refractivity contribution in [1.29, 1.82) is 0 Å². The summed E-state index contributed by atoms with van der Waals surface area (Å²) in [4.78, 5) is 5.49. The van der Waals surface area contributed by atoms with Crippen LogP contribution in [0.1, 0.15) is 26.7 Å². The molecule has 0 bridgehead atoms. The summed E-state index contributed by atoms with van der Waals surface area (Å²) in [7, 11) is -3.29. The van der Waals surface area contributed by atoms with Crippen LogP contribution >= 0.6 is 11.3 Å². The number of aryl methyl sites for hydroxylation is 3. The molecule has 0 unspecified atom stereocenters. The molecule has 1 N–H and O–H groups in total. The van der Waals surface area contributed by atoms with Crippen LogP contribution in [0.3, 0.4) is 0 Å². The van der Waals surface area contributed by atoms with Gasteiger partial charge < -0.3 is 0 Å². The number of aromatic nitrogens is 1. The van der Waals surface area contributed by atoms with E-state index in [9.17, 15) is 8.42 Å². The zero-order chi connectivity index (χ0) is 15.5. The summed E-state index contributed by atoms with van der Waals surface area (Å²) in [5.74, 6) is 0.0218. The quantitative estimate of drug-likeness (QED) is 0.889. The third-order valence-corrected chi connectivity index (χ3v) is 5.64. The average Bonchev–Trinajstić information content (AvgIpc) is 2.70. The molecule has 21 heavy (non-hydrogen) atoms. The minimum absolute atomic E-state index is 0.0218. The molecule has 0 saturated carbocycles. The van der Waals surface area contributed by atoms with E-state index in [0.29, 0.717) is 13.0 Å². The molecule has 0 aliphatic carbocycles. The maximum absolute atomic E-state index is 12.0. The molecular weight excluding hydrogens is 304 g/mol. The Morgan fingerprint density at radius 3 is 2.38 bits per heavy atom. The number of nitrogens with one attached hydrogen (secondary N) is 1. The molecule has 2 rings (SSSR count). The second-order valence-electron chi connectivity index (χ2n) is 5.13. The van der Waals surface area contributed by atoms with Gasteiger partial charge in [0, 0.05) is 11.4 Å². The van der Waals surface area contributed by atoms with Crippen LogP contribution in [0.5, 0.6) is 0 Å². The van der Waals surface area contributed by atoms with E-state index in [1.165, 1.54) is 0 Å². The van der Waals surface area contributed by atoms with Crippen molar-refractivity contribution >= 4 is 21.4 Å². The molecule has 1 aromatic carbocycles. The van der Waals surface area contributed by atoms with Crippen LogP contribution in [0.25, 0.3) is 0 Å². The van der Waals surface area contributed by atoms with Crippen LogP contribution in [0.4, 0.5) is 0 Å². The van der Waals surface area contributed by atoms with E-state index in [2.05, 4.69) is 9.71 Å². The first-order valence-electron chi connectivity index (χ1n) is 6.81. The Balaban J connectivity index is 1.89. The third kappa shape index (κ3) is 4.91. The van der Waals surface area contributed by atoms with E-state index >= 15 is 0 Å². The Morgan fingerprint density at radius 1 is 1.14 bits per heavy atom. The molecule has 6 heteroatoms. The fourth-order valence-electron chi connectivity index (χ4n) is 2.08. The number of rotatable bonds is 6. The Kier molecular flexibility index (Phi) is 5.13. The molecule has 0 saturated heterocycles. The van der Waals surface area contributed by atoms with Crippen molar-refractivity contribution in [2.75, 3.05) is 6.54 Å². The number of sulfonamides is 1. The molecule has 0 aliphatic rings. The van der Waals surface area contributed by atoms with Gasteiger partial charge in [-0.05, 0) is 32.8 Å². The molecule has 0 radical (unpaired) electrons. The minimum atomic E-state index is -3.29. The smallest absolute Gasteiger partial charge is 0.215 e. The first-order valence-corrected chi connectivity index (χ1v) is 9.28. The van der Waals surface area contributed by atoms with Crippen molar-refractivity contribution < 1.29 is 8.42 Å². The van der Waals surface area contributed by atoms with Crippen LogP contribution in [0.15, 0.2) is 24.3 Å². The highest BCUT2D eigenvalue weighted by molar-refractivity contribution is 7.88. The highest BCUT2D eigenvalue weighted by atomic mass is 32.2. The SMILES string of the molecule is Cc1ccc(CS(=O)(=O)NCCc2sc(C)nc2C)cc1. The lowest BCUT2D eigenvalue weighted by Crippen LogP contribution is -2.27. The normalized spacial score (nSPS) is 11.8. The zero-order valence-electron chi connectivity index (χ0n) is 12.5. The van der Waals surface area contributed by atoms with Crippen LogP contribution < -0.4 is 4.72 Å². The lowest BCUT2D eigenvalue weighted by Gasteiger charge is -2.06. The fourth-order valence-corrected chi connectivity index (χ4v) is 4.16. The van der Waals surface area contributed by atoms with E-state index in [0.717, 1.165) is 26.7 Å². The van der Waals surface area contributed by atoms with Crippen LogP contribution in [-0.2, 0) is 22.2 Å². The summed E-state index contributed by atoms with van der Waals surface area (Å²) < 4.78 is 26.7. The highest BCUT2D eigenvalue weighted by Crippen LogP contribution is 2.17. The van der Waals surface area contributed by atoms with Gasteiger partial charge in [-0.2, -0.15) is 0 Å². The molecule has 0 atom stereocenters. The maximum Gasteiger partial charge on any atom is 0.215 e. The summed E-state index contributed by atoms with van der Waals surface area (Å²) in [5, 5.41) is 1.02.